The molecule has 0 aromatic carbocycles. The van der Waals surface area contributed by atoms with Crippen molar-refractivity contribution in [3.63, 3.8) is 0 Å². The predicted octanol–water partition coefficient (Wildman–Crippen LogP) is 2.77. The molecule has 0 saturated carbocycles. The summed E-state index contributed by atoms with van der Waals surface area (Å²) < 4.78 is 6.33. The number of fused-ring (bicyclic) bond motifs is 1. The molecular formula is C9H6BrNO3S. The van der Waals surface area contributed by atoms with Gasteiger partial charge in [-0.3, -0.25) is 4.98 Å². The van der Waals surface area contributed by atoms with Crippen molar-refractivity contribution in [1.82, 2.24) is 4.98 Å². The van der Waals surface area contributed by atoms with Crippen LogP contribution in [-0.2, 0) is 0 Å². The lowest BCUT2D eigenvalue weighted by molar-refractivity contribution is 0.0701. The van der Waals surface area contributed by atoms with Gasteiger partial charge in [0.05, 0.1) is 28.0 Å². The van der Waals surface area contributed by atoms with Gasteiger partial charge < -0.3 is 9.84 Å². The Labute approximate surface area is 97.6 Å². The Hall–Kier alpha value is -1.14. The number of carboxylic acid groups (broad SMARTS) is 1. The van der Waals surface area contributed by atoms with Crippen molar-refractivity contribution in [3.8, 4) is 5.75 Å². The SMILES string of the molecule is COc1cnc2c(Br)c(C(=O)O)sc2c1. The maximum atomic E-state index is 10.9. The van der Waals surface area contributed by atoms with Gasteiger partial charge in [-0.2, -0.15) is 0 Å². The average molecular weight is 288 g/mol. The first-order valence-electron chi connectivity index (χ1n) is 3.99. The van der Waals surface area contributed by atoms with Crippen molar-refractivity contribution in [2.75, 3.05) is 7.11 Å². The van der Waals surface area contributed by atoms with Gasteiger partial charge in [0, 0.05) is 6.07 Å². The molecular weight excluding hydrogens is 282 g/mol. The van der Waals surface area contributed by atoms with E-state index in [1.54, 1.807) is 19.4 Å². The first-order valence-corrected chi connectivity index (χ1v) is 5.59. The molecule has 6 heteroatoms. The second-order valence-corrected chi connectivity index (χ2v) is 4.62. The Morgan fingerprint density at radius 2 is 2.40 bits per heavy atom. The fraction of sp³-hybridized carbons (Fsp3) is 0.111. The van der Waals surface area contributed by atoms with Crippen molar-refractivity contribution < 1.29 is 14.6 Å². The van der Waals surface area contributed by atoms with Crippen LogP contribution >= 0.6 is 27.3 Å². The fourth-order valence-corrected chi connectivity index (χ4v) is 2.96. The van der Waals surface area contributed by atoms with Gasteiger partial charge in [-0.1, -0.05) is 0 Å². The summed E-state index contributed by atoms with van der Waals surface area (Å²) >= 11 is 4.40. The molecule has 0 unspecified atom stereocenters. The van der Waals surface area contributed by atoms with Crippen LogP contribution in [0.3, 0.4) is 0 Å². The van der Waals surface area contributed by atoms with Crippen LogP contribution in [0.2, 0.25) is 0 Å². The highest BCUT2D eigenvalue weighted by molar-refractivity contribution is 9.10. The third-order valence-electron chi connectivity index (χ3n) is 1.88. The summed E-state index contributed by atoms with van der Waals surface area (Å²) in [4.78, 5) is 15.3. The van der Waals surface area contributed by atoms with Crippen molar-refractivity contribution >= 4 is 43.5 Å². The van der Waals surface area contributed by atoms with Crippen LogP contribution in [0, 0.1) is 0 Å². The minimum atomic E-state index is -0.955. The van der Waals surface area contributed by atoms with E-state index < -0.39 is 5.97 Å². The third kappa shape index (κ3) is 1.70. The highest BCUT2D eigenvalue weighted by Gasteiger charge is 2.16. The number of methoxy groups -OCH3 is 1. The zero-order chi connectivity index (χ0) is 11.0. The average Bonchev–Trinajstić information content (AvgIpc) is 2.55. The van der Waals surface area contributed by atoms with Gasteiger partial charge in [-0.15, -0.1) is 11.3 Å². The van der Waals surface area contributed by atoms with E-state index in [2.05, 4.69) is 20.9 Å². The highest BCUT2D eigenvalue weighted by atomic mass is 79.9. The van der Waals surface area contributed by atoms with E-state index in [-0.39, 0.29) is 4.88 Å². The monoisotopic (exact) mass is 287 g/mol. The van der Waals surface area contributed by atoms with Crippen LogP contribution in [-0.4, -0.2) is 23.2 Å². The third-order valence-corrected chi connectivity index (χ3v) is 4.03. The Morgan fingerprint density at radius 1 is 1.67 bits per heavy atom. The Kier molecular flexibility index (Phi) is 2.62. The molecule has 0 bridgehead atoms. The number of halogens is 1. The molecule has 0 fully saturated rings. The first-order chi connectivity index (χ1) is 7.13. The number of aromatic carboxylic acids is 1. The van der Waals surface area contributed by atoms with E-state index in [1.807, 2.05) is 0 Å². The van der Waals surface area contributed by atoms with Crippen molar-refractivity contribution in [2.45, 2.75) is 0 Å². The summed E-state index contributed by atoms with van der Waals surface area (Å²) in [5, 5.41) is 8.91. The number of rotatable bonds is 2. The quantitative estimate of drug-likeness (QED) is 0.923. The van der Waals surface area contributed by atoms with Crippen LogP contribution in [0.4, 0.5) is 0 Å². The van der Waals surface area contributed by atoms with Gasteiger partial charge in [0.2, 0.25) is 0 Å². The molecule has 2 heterocycles. The molecule has 15 heavy (non-hydrogen) atoms. The maximum absolute atomic E-state index is 10.9. The Bertz CT molecular complexity index is 537. The minimum absolute atomic E-state index is 0.255. The molecule has 2 aromatic rings. The van der Waals surface area contributed by atoms with Crippen LogP contribution in [0.1, 0.15) is 9.67 Å². The number of aromatic nitrogens is 1. The van der Waals surface area contributed by atoms with Gasteiger partial charge in [0.1, 0.15) is 10.6 Å². The molecule has 0 aliphatic rings. The fourth-order valence-electron chi connectivity index (χ4n) is 1.18. The summed E-state index contributed by atoms with van der Waals surface area (Å²) in [6.07, 6.45) is 1.56. The lowest BCUT2D eigenvalue weighted by Crippen LogP contribution is -1.91. The molecule has 0 atom stereocenters. The summed E-state index contributed by atoms with van der Waals surface area (Å²) in [5.74, 6) is -0.336. The number of carboxylic acids is 1. The summed E-state index contributed by atoms with van der Waals surface area (Å²) in [6.45, 7) is 0. The van der Waals surface area contributed by atoms with E-state index in [4.69, 9.17) is 9.84 Å². The van der Waals surface area contributed by atoms with Crippen molar-refractivity contribution in [1.29, 1.82) is 0 Å². The molecule has 78 valence electrons. The molecule has 0 spiro atoms. The van der Waals surface area contributed by atoms with E-state index in [0.29, 0.717) is 15.7 Å². The molecule has 0 aliphatic heterocycles. The van der Waals surface area contributed by atoms with Gasteiger partial charge in [0.15, 0.2) is 0 Å². The smallest absolute Gasteiger partial charge is 0.347 e. The normalized spacial score (nSPS) is 10.5. The second kappa shape index (κ2) is 3.79. The van der Waals surface area contributed by atoms with Crippen molar-refractivity contribution in [2.24, 2.45) is 0 Å². The molecule has 0 aliphatic carbocycles. The zero-order valence-electron chi connectivity index (χ0n) is 7.65. The standard InChI is InChI=1S/C9H6BrNO3S/c1-14-4-2-5-7(11-3-4)6(10)8(15-5)9(12)13/h2-3H,1H3,(H,12,13). The number of nitrogens with zero attached hydrogens (tertiary/aromatic N) is 1. The Morgan fingerprint density at radius 3 is 3.00 bits per heavy atom. The number of hydrogen-bond acceptors (Lipinski definition) is 4. The van der Waals surface area contributed by atoms with Crippen LogP contribution in [0.15, 0.2) is 16.7 Å². The van der Waals surface area contributed by atoms with E-state index in [0.717, 1.165) is 4.70 Å². The number of ether oxygens (including phenoxy) is 1. The van der Waals surface area contributed by atoms with Gasteiger partial charge in [-0.05, 0) is 15.9 Å². The summed E-state index contributed by atoms with van der Waals surface area (Å²) in [6, 6.07) is 1.77. The van der Waals surface area contributed by atoms with Crippen LogP contribution < -0.4 is 4.74 Å². The number of hydrogen-bond donors (Lipinski definition) is 1. The number of pyridine rings is 1. The highest BCUT2D eigenvalue weighted by Crippen LogP contribution is 2.35. The number of thiophene rings is 1. The predicted molar refractivity (Wildman–Crippen MR) is 60.8 cm³/mol. The first kappa shape index (κ1) is 10.4. The van der Waals surface area contributed by atoms with Crippen LogP contribution in [0.25, 0.3) is 10.2 Å². The molecule has 0 radical (unpaired) electrons. The number of carbonyl (C=O) groups is 1. The van der Waals surface area contributed by atoms with E-state index >= 15 is 0 Å². The lowest BCUT2D eigenvalue weighted by Gasteiger charge is -1.97. The van der Waals surface area contributed by atoms with Crippen molar-refractivity contribution in [3.05, 3.63) is 21.6 Å². The van der Waals surface area contributed by atoms with Gasteiger partial charge in [0.25, 0.3) is 0 Å². The van der Waals surface area contributed by atoms with Gasteiger partial charge >= 0.3 is 5.97 Å². The second-order valence-electron chi connectivity index (χ2n) is 2.77. The summed E-state index contributed by atoms with van der Waals surface area (Å²) in [5.41, 5.74) is 0.651. The molecule has 2 rings (SSSR count). The lowest BCUT2D eigenvalue weighted by atomic mass is 10.3. The molecule has 1 N–H and O–H groups in total. The topological polar surface area (TPSA) is 59.4 Å². The molecule has 0 saturated heterocycles. The molecule has 0 amide bonds. The molecule has 2 aromatic heterocycles. The minimum Gasteiger partial charge on any atom is -0.495 e. The van der Waals surface area contributed by atoms with Gasteiger partial charge in [-0.25, -0.2) is 4.79 Å². The summed E-state index contributed by atoms with van der Waals surface area (Å²) in [7, 11) is 1.55. The van der Waals surface area contributed by atoms with E-state index in [1.165, 1.54) is 11.3 Å². The largest absolute Gasteiger partial charge is 0.495 e. The maximum Gasteiger partial charge on any atom is 0.347 e. The molecule has 4 nitrogen and oxygen atoms in total. The zero-order valence-corrected chi connectivity index (χ0v) is 10.1. The van der Waals surface area contributed by atoms with Crippen LogP contribution in [0.5, 0.6) is 5.75 Å². The Balaban J connectivity index is 2.70. The van der Waals surface area contributed by atoms with E-state index in [9.17, 15) is 4.79 Å².